The van der Waals surface area contributed by atoms with E-state index in [9.17, 15) is 4.79 Å². The minimum absolute atomic E-state index is 0.0475. The van der Waals surface area contributed by atoms with Crippen LogP contribution in [-0.4, -0.2) is 36.6 Å². The van der Waals surface area contributed by atoms with Crippen molar-refractivity contribution in [2.75, 3.05) is 20.6 Å². The minimum Gasteiger partial charge on any atom is -0.303 e. The number of hydrogen-bond donors (Lipinski definition) is 1. The molecule has 0 aliphatic carbocycles. The summed E-state index contributed by atoms with van der Waals surface area (Å²) in [4.78, 5) is 12.6. The van der Waals surface area contributed by atoms with Gasteiger partial charge < -0.3 is 4.90 Å². The number of urea groups is 1. The van der Waals surface area contributed by atoms with Crippen molar-refractivity contribution in [1.29, 1.82) is 0 Å². The summed E-state index contributed by atoms with van der Waals surface area (Å²) in [5.74, 6) is 0. The molecule has 1 heterocycles. The SMILES string of the molecule is CN1C=CCNN(C)C1=O. The highest BCUT2D eigenvalue weighted by Gasteiger charge is 2.12. The lowest BCUT2D eigenvalue weighted by Crippen LogP contribution is -2.42. The van der Waals surface area contributed by atoms with E-state index in [2.05, 4.69) is 5.43 Å². The summed E-state index contributed by atoms with van der Waals surface area (Å²) < 4.78 is 0. The summed E-state index contributed by atoms with van der Waals surface area (Å²) in [5.41, 5.74) is 2.88. The molecule has 0 saturated carbocycles. The van der Waals surface area contributed by atoms with Crippen LogP contribution >= 0.6 is 0 Å². The van der Waals surface area contributed by atoms with Crippen LogP contribution in [-0.2, 0) is 0 Å². The maximum atomic E-state index is 11.1. The molecule has 4 heteroatoms. The Labute approximate surface area is 60.1 Å². The lowest BCUT2D eigenvalue weighted by Gasteiger charge is -2.18. The molecule has 0 unspecified atom stereocenters. The first kappa shape index (κ1) is 7.08. The number of hydrogen-bond acceptors (Lipinski definition) is 2. The van der Waals surface area contributed by atoms with Crippen molar-refractivity contribution in [2.45, 2.75) is 0 Å². The summed E-state index contributed by atoms with van der Waals surface area (Å²) in [7, 11) is 3.42. The third kappa shape index (κ3) is 1.27. The largest absolute Gasteiger partial charge is 0.337 e. The monoisotopic (exact) mass is 141 g/mol. The lowest BCUT2D eigenvalue weighted by atomic mass is 10.6. The van der Waals surface area contributed by atoms with E-state index in [1.165, 1.54) is 9.91 Å². The maximum absolute atomic E-state index is 11.1. The number of carbonyl (C=O) groups excluding carboxylic acids is 1. The highest BCUT2D eigenvalue weighted by atomic mass is 16.2. The van der Waals surface area contributed by atoms with Crippen LogP contribution in [0.3, 0.4) is 0 Å². The first-order valence-corrected chi connectivity index (χ1v) is 3.12. The second kappa shape index (κ2) is 2.70. The van der Waals surface area contributed by atoms with Crippen LogP contribution in [0.1, 0.15) is 0 Å². The molecule has 2 amide bonds. The summed E-state index contributed by atoms with van der Waals surface area (Å²) in [6.45, 7) is 0.701. The summed E-state index contributed by atoms with van der Waals surface area (Å²) in [6, 6.07) is -0.0475. The van der Waals surface area contributed by atoms with Crippen molar-refractivity contribution in [3.63, 3.8) is 0 Å². The first-order chi connectivity index (χ1) is 4.72. The van der Waals surface area contributed by atoms with Crippen molar-refractivity contribution in [2.24, 2.45) is 0 Å². The van der Waals surface area contributed by atoms with Gasteiger partial charge in [-0.2, -0.15) is 0 Å². The Kier molecular flexibility index (Phi) is 1.91. The molecule has 0 aromatic rings. The molecule has 1 N–H and O–H groups in total. The molecule has 0 aromatic carbocycles. The first-order valence-electron chi connectivity index (χ1n) is 3.12. The standard InChI is InChI=1S/C6H11N3O/c1-8-5-3-4-7-9(2)6(8)10/h3,5,7H,4H2,1-2H3. The number of carbonyl (C=O) groups is 1. The van der Waals surface area contributed by atoms with Crippen molar-refractivity contribution in [1.82, 2.24) is 15.3 Å². The molecule has 0 bridgehead atoms. The Morgan fingerprint density at radius 1 is 1.60 bits per heavy atom. The number of nitrogens with one attached hydrogen (secondary N) is 1. The average Bonchev–Trinajstić information content (AvgIpc) is 2.04. The van der Waals surface area contributed by atoms with E-state index in [4.69, 9.17) is 0 Å². The van der Waals surface area contributed by atoms with Crippen molar-refractivity contribution in [3.8, 4) is 0 Å². The second-order valence-electron chi connectivity index (χ2n) is 2.20. The highest BCUT2D eigenvalue weighted by Crippen LogP contribution is 1.94. The van der Waals surface area contributed by atoms with Gasteiger partial charge in [-0.05, 0) is 0 Å². The third-order valence-electron chi connectivity index (χ3n) is 1.36. The predicted molar refractivity (Wildman–Crippen MR) is 38.1 cm³/mol. The Morgan fingerprint density at radius 2 is 2.30 bits per heavy atom. The number of nitrogens with zero attached hydrogens (tertiary/aromatic N) is 2. The number of amides is 2. The molecule has 56 valence electrons. The zero-order chi connectivity index (χ0) is 7.56. The topological polar surface area (TPSA) is 35.6 Å². The Bertz CT molecular complexity index is 166. The Morgan fingerprint density at radius 3 is 3.00 bits per heavy atom. The molecule has 0 aromatic heterocycles. The molecule has 4 nitrogen and oxygen atoms in total. The van der Waals surface area contributed by atoms with Crippen molar-refractivity contribution < 1.29 is 4.79 Å². The van der Waals surface area contributed by atoms with E-state index in [1.807, 2.05) is 6.08 Å². The van der Waals surface area contributed by atoms with Gasteiger partial charge >= 0.3 is 6.03 Å². The highest BCUT2D eigenvalue weighted by molar-refractivity contribution is 5.74. The van der Waals surface area contributed by atoms with Gasteiger partial charge in [0.15, 0.2) is 0 Å². The fraction of sp³-hybridized carbons (Fsp3) is 0.500. The van der Waals surface area contributed by atoms with Crippen LogP contribution in [0, 0.1) is 0 Å². The normalized spacial score (nSPS) is 19.6. The fourth-order valence-corrected chi connectivity index (χ4v) is 0.768. The quantitative estimate of drug-likeness (QED) is 0.515. The van der Waals surface area contributed by atoms with E-state index in [0.717, 1.165) is 0 Å². The van der Waals surface area contributed by atoms with Gasteiger partial charge in [0.1, 0.15) is 0 Å². The van der Waals surface area contributed by atoms with Crippen LogP contribution in [0.5, 0.6) is 0 Å². The predicted octanol–water partition coefficient (Wildman–Crippen LogP) is 0.00190. The lowest BCUT2D eigenvalue weighted by molar-refractivity contribution is 0.172. The third-order valence-corrected chi connectivity index (χ3v) is 1.36. The van der Waals surface area contributed by atoms with Gasteiger partial charge in [-0.25, -0.2) is 10.2 Å². The molecular formula is C6H11N3O. The Balaban J connectivity index is 2.67. The number of rotatable bonds is 0. The van der Waals surface area contributed by atoms with Crippen molar-refractivity contribution >= 4 is 6.03 Å². The maximum Gasteiger partial charge on any atom is 0.337 e. The molecule has 0 saturated heterocycles. The van der Waals surface area contributed by atoms with Gasteiger partial charge in [0.05, 0.1) is 0 Å². The van der Waals surface area contributed by atoms with Crippen LogP contribution in [0.2, 0.25) is 0 Å². The van der Waals surface area contributed by atoms with Gasteiger partial charge in [0.2, 0.25) is 0 Å². The molecule has 1 aliphatic heterocycles. The molecule has 0 fully saturated rings. The van der Waals surface area contributed by atoms with E-state index < -0.39 is 0 Å². The van der Waals surface area contributed by atoms with Gasteiger partial charge in [-0.1, -0.05) is 6.08 Å². The fourth-order valence-electron chi connectivity index (χ4n) is 0.768. The zero-order valence-electron chi connectivity index (χ0n) is 6.16. The minimum atomic E-state index is -0.0475. The molecule has 1 aliphatic rings. The van der Waals surface area contributed by atoms with E-state index in [-0.39, 0.29) is 6.03 Å². The molecule has 1 rings (SSSR count). The van der Waals surface area contributed by atoms with E-state index >= 15 is 0 Å². The summed E-state index contributed by atoms with van der Waals surface area (Å²) in [5, 5.41) is 1.46. The van der Waals surface area contributed by atoms with Crippen LogP contribution in [0.15, 0.2) is 12.3 Å². The van der Waals surface area contributed by atoms with Gasteiger partial charge in [-0.3, -0.25) is 5.01 Å². The zero-order valence-corrected chi connectivity index (χ0v) is 6.16. The van der Waals surface area contributed by atoms with Crippen LogP contribution < -0.4 is 5.43 Å². The number of hydrazine groups is 1. The second-order valence-corrected chi connectivity index (χ2v) is 2.20. The van der Waals surface area contributed by atoms with Crippen LogP contribution in [0.4, 0.5) is 4.79 Å². The van der Waals surface area contributed by atoms with E-state index in [1.54, 1.807) is 20.3 Å². The van der Waals surface area contributed by atoms with Crippen LogP contribution in [0.25, 0.3) is 0 Å². The average molecular weight is 141 g/mol. The molecule has 0 atom stereocenters. The van der Waals surface area contributed by atoms with Crippen molar-refractivity contribution in [3.05, 3.63) is 12.3 Å². The van der Waals surface area contributed by atoms with Gasteiger partial charge in [-0.15, -0.1) is 0 Å². The Hall–Kier alpha value is -1.03. The molecule has 0 spiro atoms. The van der Waals surface area contributed by atoms with Gasteiger partial charge in [0.25, 0.3) is 0 Å². The molecular weight excluding hydrogens is 130 g/mol. The summed E-state index contributed by atoms with van der Waals surface area (Å²) in [6.07, 6.45) is 3.64. The summed E-state index contributed by atoms with van der Waals surface area (Å²) >= 11 is 0. The smallest absolute Gasteiger partial charge is 0.303 e. The van der Waals surface area contributed by atoms with Gasteiger partial charge in [0, 0.05) is 26.8 Å². The molecule has 0 radical (unpaired) electrons. The van der Waals surface area contributed by atoms with E-state index in [0.29, 0.717) is 6.54 Å². The molecule has 10 heavy (non-hydrogen) atoms.